The van der Waals surface area contributed by atoms with Gasteiger partial charge in [0.15, 0.2) is 0 Å². The molecule has 2 aromatic carbocycles. The van der Waals surface area contributed by atoms with E-state index in [0.717, 1.165) is 40.2 Å². The van der Waals surface area contributed by atoms with E-state index >= 15 is 0 Å². The zero-order valence-corrected chi connectivity index (χ0v) is 15.4. The SMILES string of the molecule is Cc1nc2c(O)cc(C#CCCc3cccc4c3NC(CO)C4)cc2s1. The fraction of sp³-hybridized carbons (Fsp3) is 0.286. The summed E-state index contributed by atoms with van der Waals surface area (Å²) >= 11 is 1.56. The standard InChI is InChI=1S/C21H20N2O2S/c1-13-22-21-18(25)9-14(10-19(21)26-13)5-2-3-6-15-7-4-8-16-11-17(12-24)23-20(15)16/h4,7-10,17,23-25H,3,6,11-12H2,1H3. The van der Waals surface area contributed by atoms with E-state index in [9.17, 15) is 10.2 Å². The van der Waals surface area contributed by atoms with Crippen molar-refractivity contribution < 1.29 is 10.2 Å². The summed E-state index contributed by atoms with van der Waals surface area (Å²) in [5.41, 5.74) is 5.14. The highest BCUT2D eigenvalue weighted by molar-refractivity contribution is 7.18. The Morgan fingerprint density at radius 2 is 2.23 bits per heavy atom. The first-order valence-corrected chi connectivity index (χ1v) is 9.53. The molecule has 3 N–H and O–H groups in total. The van der Waals surface area contributed by atoms with E-state index in [1.807, 2.05) is 13.0 Å². The Morgan fingerprint density at radius 3 is 3.08 bits per heavy atom. The molecule has 0 amide bonds. The third-order valence-corrected chi connectivity index (χ3v) is 5.52. The minimum absolute atomic E-state index is 0.120. The number of nitrogens with one attached hydrogen (secondary N) is 1. The maximum Gasteiger partial charge on any atom is 0.143 e. The van der Waals surface area contributed by atoms with Crippen molar-refractivity contribution in [3.05, 3.63) is 52.0 Å². The number of phenols is 1. The Kier molecular flexibility index (Phi) is 4.54. The number of thiazole rings is 1. The quantitative estimate of drug-likeness (QED) is 0.621. The number of rotatable bonds is 3. The number of phenolic OH excluding ortho intramolecular Hbond substituents is 1. The lowest BCUT2D eigenvalue weighted by atomic mass is 10.0. The van der Waals surface area contributed by atoms with Crippen LogP contribution in [0.3, 0.4) is 0 Å². The van der Waals surface area contributed by atoms with Gasteiger partial charge >= 0.3 is 0 Å². The van der Waals surface area contributed by atoms with E-state index in [0.29, 0.717) is 5.52 Å². The van der Waals surface area contributed by atoms with Gasteiger partial charge in [-0.25, -0.2) is 4.98 Å². The maximum absolute atomic E-state index is 10.1. The number of hydrogen-bond donors (Lipinski definition) is 3. The number of aromatic hydroxyl groups is 1. The normalized spacial score (nSPS) is 15.4. The van der Waals surface area contributed by atoms with Crippen LogP contribution in [0.15, 0.2) is 30.3 Å². The summed E-state index contributed by atoms with van der Waals surface area (Å²) in [6, 6.07) is 10.1. The molecule has 0 fully saturated rings. The van der Waals surface area contributed by atoms with Gasteiger partial charge in [-0.15, -0.1) is 11.3 Å². The van der Waals surface area contributed by atoms with Gasteiger partial charge in [0.05, 0.1) is 22.4 Å². The first-order chi connectivity index (χ1) is 12.6. The summed E-state index contributed by atoms with van der Waals surface area (Å²) in [5, 5.41) is 23.8. The van der Waals surface area contributed by atoms with Crippen molar-refractivity contribution in [2.45, 2.75) is 32.2 Å². The molecule has 0 bridgehead atoms. The van der Waals surface area contributed by atoms with Gasteiger partial charge in [-0.05, 0) is 43.0 Å². The summed E-state index contributed by atoms with van der Waals surface area (Å²) < 4.78 is 0.965. The van der Waals surface area contributed by atoms with Crippen molar-refractivity contribution in [3.63, 3.8) is 0 Å². The smallest absolute Gasteiger partial charge is 0.143 e. The molecule has 1 unspecified atom stereocenters. The maximum atomic E-state index is 10.1. The van der Waals surface area contributed by atoms with Crippen LogP contribution >= 0.6 is 11.3 Å². The number of nitrogens with zero attached hydrogens (tertiary/aromatic N) is 1. The Bertz CT molecular complexity index is 1030. The van der Waals surface area contributed by atoms with E-state index in [1.165, 1.54) is 11.1 Å². The largest absolute Gasteiger partial charge is 0.506 e. The topological polar surface area (TPSA) is 65.4 Å². The van der Waals surface area contributed by atoms with E-state index in [2.05, 4.69) is 40.3 Å². The summed E-state index contributed by atoms with van der Waals surface area (Å²) in [6.07, 6.45) is 2.47. The second-order valence-electron chi connectivity index (χ2n) is 6.56. The monoisotopic (exact) mass is 364 g/mol. The molecule has 0 saturated heterocycles. The fourth-order valence-corrected chi connectivity index (χ4v) is 4.29. The number of anilines is 1. The van der Waals surface area contributed by atoms with Crippen LogP contribution in [0.2, 0.25) is 0 Å². The van der Waals surface area contributed by atoms with Crippen molar-refractivity contribution in [1.82, 2.24) is 4.98 Å². The molecule has 1 aromatic heterocycles. The van der Waals surface area contributed by atoms with Crippen LogP contribution in [0.4, 0.5) is 5.69 Å². The molecule has 2 heterocycles. The summed E-state index contributed by atoms with van der Waals surface area (Å²) in [4.78, 5) is 4.33. The van der Waals surface area contributed by atoms with Crippen LogP contribution in [0.25, 0.3) is 10.2 Å². The molecule has 1 atom stereocenters. The first-order valence-electron chi connectivity index (χ1n) is 8.71. The number of aromatic nitrogens is 1. The average Bonchev–Trinajstić information content (AvgIpc) is 3.21. The van der Waals surface area contributed by atoms with E-state index < -0.39 is 0 Å². The molecule has 4 nitrogen and oxygen atoms in total. The van der Waals surface area contributed by atoms with Crippen molar-refractivity contribution >= 4 is 27.2 Å². The number of aliphatic hydroxyl groups is 1. The lowest BCUT2D eigenvalue weighted by molar-refractivity contribution is 0.277. The van der Waals surface area contributed by atoms with Crippen LogP contribution in [0.1, 0.15) is 28.1 Å². The van der Waals surface area contributed by atoms with E-state index in [4.69, 9.17) is 0 Å². The van der Waals surface area contributed by atoms with Crippen LogP contribution in [0, 0.1) is 18.8 Å². The van der Waals surface area contributed by atoms with Gasteiger partial charge in [-0.3, -0.25) is 0 Å². The molecule has 0 saturated carbocycles. The predicted molar refractivity (Wildman–Crippen MR) is 106 cm³/mol. The number of aliphatic hydroxyl groups excluding tert-OH is 1. The third-order valence-electron chi connectivity index (χ3n) is 4.61. The fourth-order valence-electron chi connectivity index (χ4n) is 3.40. The Balaban J connectivity index is 1.48. The van der Waals surface area contributed by atoms with Crippen molar-refractivity contribution in [2.24, 2.45) is 0 Å². The Hall–Kier alpha value is -2.55. The minimum atomic E-state index is 0.120. The lowest BCUT2D eigenvalue weighted by Crippen LogP contribution is -2.19. The number of fused-ring (bicyclic) bond motifs is 2. The van der Waals surface area contributed by atoms with E-state index in [1.54, 1.807) is 17.4 Å². The minimum Gasteiger partial charge on any atom is -0.506 e. The number of aryl methyl sites for hydroxylation is 2. The van der Waals surface area contributed by atoms with Crippen LogP contribution in [-0.2, 0) is 12.8 Å². The molecule has 5 heteroatoms. The number of benzene rings is 2. The first kappa shape index (κ1) is 16.9. The van der Waals surface area contributed by atoms with Crippen LogP contribution in [-0.4, -0.2) is 27.8 Å². The van der Waals surface area contributed by atoms with Crippen LogP contribution in [0.5, 0.6) is 5.75 Å². The van der Waals surface area contributed by atoms with Gasteiger partial charge in [-0.2, -0.15) is 0 Å². The average molecular weight is 364 g/mol. The molecular formula is C21H20N2O2S. The molecule has 4 rings (SSSR count). The zero-order valence-electron chi connectivity index (χ0n) is 14.5. The molecule has 0 spiro atoms. The highest BCUT2D eigenvalue weighted by atomic mass is 32.1. The van der Waals surface area contributed by atoms with Gasteiger partial charge in [0.1, 0.15) is 11.3 Å². The van der Waals surface area contributed by atoms with Crippen molar-refractivity contribution in [2.75, 3.05) is 11.9 Å². The molecule has 1 aliphatic heterocycles. The molecule has 3 aromatic rings. The predicted octanol–water partition coefficient (Wildman–Crippen LogP) is 3.62. The molecule has 132 valence electrons. The van der Waals surface area contributed by atoms with Crippen molar-refractivity contribution in [1.29, 1.82) is 0 Å². The van der Waals surface area contributed by atoms with Gasteiger partial charge in [0, 0.05) is 17.7 Å². The van der Waals surface area contributed by atoms with Gasteiger partial charge in [0.25, 0.3) is 0 Å². The molecule has 0 radical (unpaired) electrons. The highest BCUT2D eigenvalue weighted by Crippen LogP contribution is 2.31. The van der Waals surface area contributed by atoms with Crippen LogP contribution < -0.4 is 5.32 Å². The number of hydrogen-bond acceptors (Lipinski definition) is 5. The lowest BCUT2D eigenvalue weighted by Gasteiger charge is -2.09. The Labute approximate surface area is 156 Å². The molecule has 26 heavy (non-hydrogen) atoms. The second kappa shape index (κ2) is 6.99. The van der Waals surface area contributed by atoms with E-state index in [-0.39, 0.29) is 18.4 Å². The highest BCUT2D eigenvalue weighted by Gasteiger charge is 2.21. The molecule has 0 aliphatic carbocycles. The molecule has 1 aliphatic rings. The van der Waals surface area contributed by atoms with Crippen molar-refractivity contribution in [3.8, 4) is 17.6 Å². The van der Waals surface area contributed by atoms with Gasteiger partial charge in [0.2, 0.25) is 0 Å². The Morgan fingerprint density at radius 1 is 1.35 bits per heavy atom. The second-order valence-corrected chi connectivity index (χ2v) is 7.79. The summed E-state index contributed by atoms with van der Waals surface area (Å²) in [5.74, 6) is 6.56. The zero-order chi connectivity index (χ0) is 18.1. The summed E-state index contributed by atoms with van der Waals surface area (Å²) in [7, 11) is 0. The number of para-hydroxylation sites is 1. The van der Waals surface area contributed by atoms with Gasteiger partial charge in [-0.1, -0.05) is 30.0 Å². The third kappa shape index (κ3) is 3.26. The van der Waals surface area contributed by atoms with Gasteiger partial charge < -0.3 is 15.5 Å². The molecular weight excluding hydrogens is 344 g/mol. The summed E-state index contributed by atoms with van der Waals surface area (Å²) in [6.45, 7) is 2.08.